The number of fused-ring (bicyclic) bond motifs is 2. The molecule has 0 bridgehead atoms. The molecule has 4 rings (SSSR count). The third-order valence-electron chi connectivity index (χ3n) is 5.78. The Morgan fingerprint density at radius 2 is 1.41 bits per heavy atom. The van der Waals surface area contributed by atoms with Gasteiger partial charge in [0.05, 0.1) is 0 Å². The quantitative estimate of drug-likeness (QED) is 0.338. The predicted molar refractivity (Wildman–Crippen MR) is 122 cm³/mol. The van der Waals surface area contributed by atoms with Crippen molar-refractivity contribution in [3.63, 3.8) is 0 Å². The van der Waals surface area contributed by atoms with E-state index in [0.717, 1.165) is 0 Å². The second kappa shape index (κ2) is 6.80. The third-order valence-corrected chi connectivity index (χ3v) is 6.93. The second-order valence-electron chi connectivity index (χ2n) is 8.33. The highest BCUT2D eigenvalue weighted by molar-refractivity contribution is 7.19. The summed E-state index contributed by atoms with van der Waals surface area (Å²) in [5.41, 5.74) is 7.07. The predicted octanol–water partition coefficient (Wildman–Crippen LogP) is 8.59. The summed E-state index contributed by atoms with van der Waals surface area (Å²) in [5.74, 6) is 1.05. The van der Waals surface area contributed by atoms with Crippen molar-refractivity contribution in [2.75, 3.05) is 0 Å². The van der Waals surface area contributed by atoms with Crippen molar-refractivity contribution in [1.29, 1.82) is 0 Å². The van der Waals surface area contributed by atoms with Crippen LogP contribution in [0.4, 0.5) is 0 Å². The molecule has 0 fully saturated rings. The maximum absolute atomic E-state index is 2.42. The first-order valence-corrected chi connectivity index (χ1v) is 10.7. The number of rotatable bonds is 3. The van der Waals surface area contributed by atoms with E-state index in [2.05, 4.69) is 90.1 Å². The zero-order chi connectivity index (χ0) is 19.3. The highest BCUT2D eigenvalue weighted by Crippen LogP contribution is 2.43. The summed E-state index contributed by atoms with van der Waals surface area (Å²) in [6.07, 6.45) is 0. The van der Waals surface area contributed by atoms with Crippen molar-refractivity contribution in [3.8, 4) is 11.1 Å². The Bertz CT molecular complexity index is 1120. The number of benzene rings is 3. The molecule has 3 aromatic carbocycles. The van der Waals surface area contributed by atoms with Crippen LogP contribution in [0, 0.1) is 13.8 Å². The molecule has 0 spiro atoms. The molecule has 0 nitrogen and oxygen atoms in total. The molecule has 138 valence electrons. The Morgan fingerprint density at radius 3 is 2.04 bits per heavy atom. The number of thiophene rings is 1. The van der Waals surface area contributed by atoms with E-state index in [1.165, 1.54) is 53.6 Å². The summed E-state index contributed by atoms with van der Waals surface area (Å²) >= 11 is 1.92. The van der Waals surface area contributed by atoms with Crippen LogP contribution in [0.25, 0.3) is 32.0 Å². The molecule has 0 aliphatic rings. The zero-order valence-electron chi connectivity index (χ0n) is 17.2. The molecule has 0 aliphatic heterocycles. The molecule has 1 heteroatoms. The van der Waals surface area contributed by atoms with E-state index in [1.807, 2.05) is 11.3 Å². The van der Waals surface area contributed by atoms with Gasteiger partial charge in [0.25, 0.3) is 0 Å². The Balaban J connectivity index is 2.17. The molecule has 1 aromatic heterocycles. The van der Waals surface area contributed by atoms with Crippen LogP contribution < -0.4 is 0 Å². The molecule has 0 unspecified atom stereocenters. The van der Waals surface area contributed by atoms with Gasteiger partial charge >= 0.3 is 0 Å². The van der Waals surface area contributed by atoms with Crippen LogP contribution in [0.1, 0.15) is 61.1 Å². The van der Waals surface area contributed by atoms with Crippen LogP contribution in [0.3, 0.4) is 0 Å². The minimum absolute atomic E-state index is 0.526. The Labute approximate surface area is 166 Å². The second-order valence-corrected chi connectivity index (χ2v) is 9.58. The average molecular weight is 373 g/mol. The molecule has 0 radical (unpaired) electrons. The van der Waals surface area contributed by atoms with Gasteiger partial charge in [0.1, 0.15) is 0 Å². The number of hydrogen-bond acceptors (Lipinski definition) is 1. The van der Waals surface area contributed by atoms with E-state index in [0.29, 0.717) is 11.8 Å². The maximum atomic E-state index is 2.42. The van der Waals surface area contributed by atoms with Crippen LogP contribution in [-0.4, -0.2) is 0 Å². The van der Waals surface area contributed by atoms with Crippen molar-refractivity contribution in [2.24, 2.45) is 0 Å². The first-order chi connectivity index (χ1) is 12.9. The first-order valence-electron chi connectivity index (χ1n) is 9.93. The fourth-order valence-corrected chi connectivity index (χ4v) is 5.11. The van der Waals surface area contributed by atoms with Gasteiger partial charge in [-0.2, -0.15) is 0 Å². The number of hydrogen-bond donors (Lipinski definition) is 0. The first kappa shape index (κ1) is 18.3. The van der Waals surface area contributed by atoms with Gasteiger partial charge in [0.2, 0.25) is 0 Å². The fraction of sp³-hybridized carbons (Fsp3) is 0.308. The molecule has 27 heavy (non-hydrogen) atoms. The zero-order valence-corrected chi connectivity index (χ0v) is 18.0. The number of aryl methyl sites for hydroxylation is 2. The van der Waals surface area contributed by atoms with Crippen LogP contribution in [-0.2, 0) is 0 Å². The Morgan fingerprint density at radius 1 is 0.778 bits per heavy atom. The smallest absolute Gasteiger partial charge is 0.0360 e. The van der Waals surface area contributed by atoms with Crippen molar-refractivity contribution in [3.05, 3.63) is 70.1 Å². The van der Waals surface area contributed by atoms with E-state index in [9.17, 15) is 0 Å². The molecule has 0 N–H and O–H groups in total. The van der Waals surface area contributed by atoms with Crippen LogP contribution >= 0.6 is 11.3 Å². The minimum Gasteiger partial charge on any atom is -0.140 e. The summed E-state index contributed by atoms with van der Waals surface area (Å²) in [6.45, 7) is 13.7. The van der Waals surface area contributed by atoms with Gasteiger partial charge < -0.3 is 0 Å². The lowest BCUT2D eigenvalue weighted by Gasteiger charge is -2.17. The summed E-state index contributed by atoms with van der Waals surface area (Å²) < 4.78 is 1.40. The summed E-state index contributed by atoms with van der Waals surface area (Å²) in [6, 6.07) is 18.5. The van der Waals surface area contributed by atoms with Gasteiger partial charge in [-0.25, -0.2) is 0 Å². The lowest BCUT2D eigenvalue weighted by Crippen LogP contribution is -1.96. The monoisotopic (exact) mass is 372 g/mol. The molecule has 0 atom stereocenters. The molecule has 0 saturated heterocycles. The molecule has 0 amide bonds. The Hall–Kier alpha value is -2.12. The van der Waals surface area contributed by atoms with Crippen molar-refractivity contribution in [1.82, 2.24) is 0 Å². The maximum Gasteiger partial charge on any atom is 0.0360 e. The largest absolute Gasteiger partial charge is 0.140 e. The highest BCUT2D eigenvalue weighted by atomic mass is 32.1. The molecule has 4 aromatic rings. The lowest BCUT2D eigenvalue weighted by atomic mass is 9.87. The van der Waals surface area contributed by atoms with Crippen LogP contribution in [0.5, 0.6) is 0 Å². The molecule has 0 saturated carbocycles. The summed E-state index contributed by atoms with van der Waals surface area (Å²) in [5, 5.41) is 4.13. The fourth-order valence-electron chi connectivity index (χ4n) is 3.98. The molecular weight excluding hydrogens is 344 g/mol. The topological polar surface area (TPSA) is 0 Å². The summed E-state index contributed by atoms with van der Waals surface area (Å²) in [7, 11) is 0. The minimum atomic E-state index is 0.526. The van der Waals surface area contributed by atoms with E-state index < -0.39 is 0 Å². The van der Waals surface area contributed by atoms with Crippen molar-refractivity contribution < 1.29 is 0 Å². The standard InChI is InChI=1S/C26H28S/c1-15(2)20-11-21(16(3)4)13-22(12-20)26-23-10-8-7-9-19(23)14-24-25(26)17(5)18(6)27-24/h7-16H,1-6H3. The van der Waals surface area contributed by atoms with Crippen LogP contribution in [0.2, 0.25) is 0 Å². The van der Waals surface area contributed by atoms with Gasteiger partial charge in [-0.15, -0.1) is 11.3 Å². The lowest BCUT2D eigenvalue weighted by molar-refractivity contribution is 0.835. The Kier molecular flexibility index (Phi) is 4.60. The average Bonchev–Trinajstić information content (AvgIpc) is 2.93. The van der Waals surface area contributed by atoms with Gasteiger partial charge in [-0.3, -0.25) is 0 Å². The van der Waals surface area contributed by atoms with Gasteiger partial charge in [-0.1, -0.05) is 70.2 Å². The summed E-state index contributed by atoms with van der Waals surface area (Å²) in [4.78, 5) is 1.42. The van der Waals surface area contributed by atoms with E-state index in [4.69, 9.17) is 0 Å². The highest BCUT2D eigenvalue weighted by Gasteiger charge is 2.17. The van der Waals surface area contributed by atoms with Gasteiger partial charge in [0.15, 0.2) is 0 Å². The van der Waals surface area contributed by atoms with E-state index in [-0.39, 0.29) is 0 Å². The van der Waals surface area contributed by atoms with Crippen LogP contribution in [0.15, 0.2) is 48.5 Å². The SMILES string of the molecule is Cc1sc2cc3ccccc3c(-c3cc(C(C)C)cc(C(C)C)c3)c2c1C. The third kappa shape index (κ3) is 3.08. The molecule has 1 heterocycles. The molecular formula is C26H28S. The van der Waals surface area contributed by atoms with Gasteiger partial charge in [-0.05, 0) is 70.3 Å². The van der Waals surface area contributed by atoms with E-state index in [1.54, 1.807) is 0 Å². The molecule has 0 aliphatic carbocycles. The van der Waals surface area contributed by atoms with E-state index >= 15 is 0 Å². The van der Waals surface area contributed by atoms with Crippen molar-refractivity contribution in [2.45, 2.75) is 53.4 Å². The normalized spacial score (nSPS) is 12.0. The van der Waals surface area contributed by atoms with Crippen molar-refractivity contribution >= 4 is 32.2 Å². The van der Waals surface area contributed by atoms with Gasteiger partial charge in [0, 0.05) is 15.0 Å².